The molecule has 0 aliphatic carbocycles. The standard InChI is InChI=1S/C7H4Cl3N3O2/c8-3-1-4(9)6(5(10)2-3)13(12-15)7(11)14/h1-2H,(H2,11,14). The van der Waals surface area contributed by atoms with Crippen molar-refractivity contribution in [3.05, 3.63) is 32.1 Å². The largest absolute Gasteiger partial charge is 0.350 e. The van der Waals surface area contributed by atoms with E-state index in [2.05, 4.69) is 5.29 Å². The molecule has 0 aliphatic rings. The van der Waals surface area contributed by atoms with E-state index in [0.717, 1.165) is 0 Å². The summed E-state index contributed by atoms with van der Waals surface area (Å²) in [6.07, 6.45) is 0. The second-order valence-electron chi connectivity index (χ2n) is 2.45. The van der Waals surface area contributed by atoms with Gasteiger partial charge in [0.2, 0.25) is 0 Å². The number of hydrogen-bond acceptors (Lipinski definition) is 3. The van der Waals surface area contributed by atoms with Crippen molar-refractivity contribution in [1.29, 1.82) is 0 Å². The molecule has 0 atom stereocenters. The Morgan fingerprint density at radius 2 is 1.73 bits per heavy atom. The minimum atomic E-state index is -1.09. The fourth-order valence-electron chi connectivity index (χ4n) is 0.928. The van der Waals surface area contributed by atoms with Crippen LogP contribution in [0.3, 0.4) is 0 Å². The molecule has 0 aromatic heterocycles. The van der Waals surface area contributed by atoms with Crippen LogP contribution in [0.2, 0.25) is 15.1 Å². The average molecular weight is 268 g/mol. The Kier molecular flexibility index (Phi) is 3.73. The van der Waals surface area contributed by atoms with E-state index >= 15 is 0 Å². The molecule has 15 heavy (non-hydrogen) atoms. The maximum atomic E-state index is 10.8. The van der Waals surface area contributed by atoms with Crippen LogP contribution in [-0.4, -0.2) is 6.03 Å². The maximum absolute atomic E-state index is 10.8. The molecule has 0 spiro atoms. The van der Waals surface area contributed by atoms with E-state index in [1.807, 2.05) is 0 Å². The van der Waals surface area contributed by atoms with E-state index < -0.39 is 6.03 Å². The van der Waals surface area contributed by atoms with Crippen molar-refractivity contribution in [3.63, 3.8) is 0 Å². The molecule has 1 aromatic carbocycles. The highest BCUT2D eigenvalue weighted by atomic mass is 35.5. The predicted molar refractivity (Wildman–Crippen MR) is 59.3 cm³/mol. The Bertz CT molecular complexity index is 401. The Morgan fingerprint density at radius 1 is 1.27 bits per heavy atom. The third-order valence-electron chi connectivity index (χ3n) is 1.48. The van der Waals surface area contributed by atoms with Crippen LogP contribution < -0.4 is 10.7 Å². The molecule has 0 saturated carbocycles. The lowest BCUT2D eigenvalue weighted by Crippen LogP contribution is -2.30. The molecule has 0 saturated heterocycles. The number of benzene rings is 1. The Labute approximate surface area is 99.6 Å². The first-order valence-corrected chi connectivity index (χ1v) is 4.68. The molecule has 0 bridgehead atoms. The van der Waals surface area contributed by atoms with Crippen LogP contribution in [0.4, 0.5) is 10.5 Å². The minimum absolute atomic E-state index is 0.00546. The number of anilines is 1. The normalized spacial score (nSPS) is 9.80. The number of rotatable bonds is 2. The van der Waals surface area contributed by atoms with E-state index in [1.54, 1.807) is 0 Å². The third kappa shape index (κ3) is 2.50. The van der Waals surface area contributed by atoms with Gasteiger partial charge in [0.15, 0.2) is 0 Å². The molecule has 2 amide bonds. The van der Waals surface area contributed by atoms with Gasteiger partial charge < -0.3 is 5.73 Å². The van der Waals surface area contributed by atoms with Gasteiger partial charge >= 0.3 is 6.03 Å². The molecule has 0 fully saturated rings. The van der Waals surface area contributed by atoms with E-state index in [4.69, 9.17) is 40.5 Å². The summed E-state index contributed by atoms with van der Waals surface area (Å²) in [6.45, 7) is 0. The van der Waals surface area contributed by atoms with E-state index in [1.165, 1.54) is 12.1 Å². The number of carbonyl (C=O) groups excluding carboxylic acids is 1. The lowest BCUT2D eigenvalue weighted by atomic mass is 10.3. The second kappa shape index (κ2) is 4.65. The van der Waals surface area contributed by atoms with Crippen LogP contribution in [0.15, 0.2) is 17.4 Å². The van der Waals surface area contributed by atoms with Crippen LogP contribution in [0.1, 0.15) is 0 Å². The number of nitroso groups, excluding NO2 is 1. The van der Waals surface area contributed by atoms with E-state index in [-0.39, 0.29) is 20.8 Å². The molecular formula is C7H4Cl3N3O2. The van der Waals surface area contributed by atoms with Gasteiger partial charge in [0, 0.05) is 5.02 Å². The topological polar surface area (TPSA) is 75.8 Å². The van der Waals surface area contributed by atoms with Crippen LogP contribution in [0.25, 0.3) is 0 Å². The smallest absolute Gasteiger partial charge is 0.342 e. The Balaban J connectivity index is 3.35. The Hall–Kier alpha value is -1.04. The molecule has 0 radical (unpaired) electrons. The van der Waals surface area contributed by atoms with Crippen molar-refractivity contribution < 1.29 is 4.79 Å². The molecule has 2 N–H and O–H groups in total. The predicted octanol–water partition coefficient (Wildman–Crippen LogP) is 3.21. The molecule has 8 heteroatoms. The van der Waals surface area contributed by atoms with Crippen molar-refractivity contribution in [2.24, 2.45) is 11.0 Å². The first-order valence-electron chi connectivity index (χ1n) is 3.54. The fourth-order valence-corrected chi connectivity index (χ4v) is 1.91. The van der Waals surface area contributed by atoms with Gasteiger partial charge in [-0.2, -0.15) is 0 Å². The van der Waals surface area contributed by atoms with Crippen molar-refractivity contribution in [2.75, 3.05) is 5.01 Å². The summed E-state index contributed by atoms with van der Waals surface area (Å²) in [5, 5.41) is 3.03. The molecular weight excluding hydrogens is 264 g/mol. The van der Waals surface area contributed by atoms with Gasteiger partial charge in [0.05, 0.1) is 15.3 Å². The van der Waals surface area contributed by atoms with Gasteiger partial charge in [-0.3, -0.25) is 0 Å². The number of amides is 2. The molecule has 0 aliphatic heterocycles. The van der Waals surface area contributed by atoms with Crippen LogP contribution >= 0.6 is 34.8 Å². The van der Waals surface area contributed by atoms with Crippen LogP contribution in [0.5, 0.6) is 0 Å². The first-order chi connectivity index (χ1) is 6.97. The van der Waals surface area contributed by atoms with Gasteiger partial charge in [0.25, 0.3) is 0 Å². The van der Waals surface area contributed by atoms with Gasteiger partial charge in [-0.1, -0.05) is 34.8 Å². The van der Waals surface area contributed by atoms with Crippen LogP contribution in [0, 0.1) is 4.91 Å². The lowest BCUT2D eigenvalue weighted by molar-refractivity contribution is 0.254. The number of halogens is 3. The highest BCUT2D eigenvalue weighted by molar-refractivity contribution is 6.42. The van der Waals surface area contributed by atoms with E-state index in [9.17, 15) is 9.70 Å². The second-order valence-corrected chi connectivity index (χ2v) is 3.70. The SMILES string of the molecule is NC(=O)N(N=O)c1c(Cl)cc(Cl)cc1Cl. The summed E-state index contributed by atoms with van der Waals surface area (Å²) in [5.41, 5.74) is 4.81. The summed E-state index contributed by atoms with van der Waals surface area (Å²) < 4.78 is 0. The summed E-state index contributed by atoms with van der Waals surface area (Å²) in [5.74, 6) is 0. The maximum Gasteiger partial charge on any atom is 0.342 e. The summed E-state index contributed by atoms with van der Waals surface area (Å²) >= 11 is 17.1. The van der Waals surface area contributed by atoms with Gasteiger partial charge in [0.1, 0.15) is 5.69 Å². The third-order valence-corrected chi connectivity index (χ3v) is 2.28. The van der Waals surface area contributed by atoms with Gasteiger partial charge in [-0.25, -0.2) is 4.79 Å². The van der Waals surface area contributed by atoms with Crippen LogP contribution in [-0.2, 0) is 0 Å². The van der Waals surface area contributed by atoms with Crippen molar-refractivity contribution in [2.45, 2.75) is 0 Å². The number of nitrogens with two attached hydrogens (primary N) is 1. The minimum Gasteiger partial charge on any atom is -0.350 e. The zero-order valence-electron chi connectivity index (χ0n) is 7.08. The number of hydrogen-bond donors (Lipinski definition) is 1. The summed E-state index contributed by atoms with van der Waals surface area (Å²) in [7, 11) is 0. The zero-order chi connectivity index (χ0) is 11.6. The number of carbonyl (C=O) groups is 1. The summed E-state index contributed by atoms with van der Waals surface area (Å²) in [6, 6.07) is 1.53. The average Bonchev–Trinajstić information content (AvgIpc) is 2.09. The van der Waals surface area contributed by atoms with Crippen molar-refractivity contribution in [1.82, 2.24) is 0 Å². The first kappa shape index (κ1) is 12.0. The molecule has 1 aromatic rings. The molecule has 0 unspecified atom stereocenters. The zero-order valence-corrected chi connectivity index (χ0v) is 9.34. The summed E-state index contributed by atoms with van der Waals surface area (Å²) in [4.78, 5) is 21.2. The fraction of sp³-hybridized carbons (Fsp3) is 0. The monoisotopic (exact) mass is 267 g/mol. The van der Waals surface area contributed by atoms with Gasteiger partial charge in [-0.05, 0) is 12.1 Å². The van der Waals surface area contributed by atoms with Crippen molar-refractivity contribution in [3.8, 4) is 0 Å². The molecule has 80 valence electrons. The number of primary amides is 1. The number of nitrogens with zero attached hydrogens (tertiary/aromatic N) is 2. The molecule has 1 rings (SSSR count). The highest BCUT2D eigenvalue weighted by Gasteiger charge is 2.20. The van der Waals surface area contributed by atoms with Crippen molar-refractivity contribution >= 4 is 46.5 Å². The van der Waals surface area contributed by atoms with Gasteiger partial charge in [-0.15, -0.1) is 9.92 Å². The van der Waals surface area contributed by atoms with E-state index in [0.29, 0.717) is 5.01 Å². The molecule has 0 heterocycles. The molecule has 5 nitrogen and oxygen atoms in total. The quantitative estimate of drug-likeness (QED) is 0.660. The number of urea groups is 1. The highest BCUT2D eigenvalue weighted by Crippen LogP contribution is 2.36. The Morgan fingerprint density at radius 3 is 2.07 bits per heavy atom. The lowest BCUT2D eigenvalue weighted by Gasteiger charge is -2.13.